The highest BCUT2D eigenvalue weighted by Gasteiger charge is 2.16. The average Bonchev–Trinajstić information content (AvgIpc) is 2.65. The standard InChI is InChI=1S/C18H16N4O5/c1-11-19-14-6-4-3-5-13(14)18(24)21(11)10-17(23)20-15-9-12(22(25)26)7-8-16(15)27-2/h3-9H,10H2,1-2H3,(H,20,23). The fourth-order valence-electron chi connectivity index (χ4n) is 2.71. The summed E-state index contributed by atoms with van der Waals surface area (Å²) < 4.78 is 6.37. The molecule has 0 aliphatic heterocycles. The van der Waals surface area contributed by atoms with E-state index >= 15 is 0 Å². The van der Waals surface area contributed by atoms with E-state index in [0.29, 0.717) is 16.7 Å². The third-order valence-corrected chi connectivity index (χ3v) is 4.02. The van der Waals surface area contributed by atoms with Crippen LogP contribution >= 0.6 is 0 Å². The highest BCUT2D eigenvalue weighted by molar-refractivity contribution is 5.92. The quantitative estimate of drug-likeness (QED) is 0.545. The second-order valence-electron chi connectivity index (χ2n) is 5.76. The van der Waals surface area contributed by atoms with Crippen molar-refractivity contribution in [3.05, 3.63) is 68.8 Å². The number of carbonyl (C=O) groups excluding carboxylic acids is 1. The van der Waals surface area contributed by atoms with E-state index in [1.54, 1.807) is 31.2 Å². The normalized spacial score (nSPS) is 10.6. The molecule has 0 saturated carbocycles. The van der Waals surface area contributed by atoms with Crippen molar-refractivity contribution >= 4 is 28.2 Å². The Morgan fingerprint density at radius 1 is 1.30 bits per heavy atom. The Bertz CT molecular complexity index is 1110. The van der Waals surface area contributed by atoms with Gasteiger partial charge in [-0.2, -0.15) is 0 Å². The lowest BCUT2D eigenvalue weighted by Crippen LogP contribution is -2.30. The number of benzene rings is 2. The molecule has 0 fully saturated rings. The van der Waals surface area contributed by atoms with Gasteiger partial charge in [0, 0.05) is 12.1 Å². The van der Waals surface area contributed by atoms with Gasteiger partial charge in [-0.25, -0.2) is 4.98 Å². The third-order valence-electron chi connectivity index (χ3n) is 4.02. The Morgan fingerprint density at radius 3 is 2.74 bits per heavy atom. The molecule has 138 valence electrons. The van der Waals surface area contributed by atoms with Crippen molar-refractivity contribution < 1.29 is 14.5 Å². The molecule has 0 spiro atoms. The van der Waals surface area contributed by atoms with Crippen LogP contribution in [0.1, 0.15) is 5.82 Å². The predicted octanol–water partition coefficient (Wildman–Crippen LogP) is 2.26. The van der Waals surface area contributed by atoms with E-state index in [1.165, 1.54) is 29.9 Å². The first-order valence-electron chi connectivity index (χ1n) is 7.99. The Morgan fingerprint density at radius 2 is 2.04 bits per heavy atom. The molecule has 2 aromatic carbocycles. The number of non-ortho nitro benzene ring substituents is 1. The number of anilines is 1. The van der Waals surface area contributed by atoms with Crippen LogP contribution in [0.5, 0.6) is 5.75 Å². The average molecular weight is 368 g/mol. The zero-order valence-electron chi connectivity index (χ0n) is 14.6. The molecular weight excluding hydrogens is 352 g/mol. The summed E-state index contributed by atoms with van der Waals surface area (Å²) in [7, 11) is 1.39. The van der Waals surface area contributed by atoms with E-state index in [4.69, 9.17) is 4.74 Å². The van der Waals surface area contributed by atoms with Crippen LogP contribution in [0.2, 0.25) is 0 Å². The highest BCUT2D eigenvalue weighted by Crippen LogP contribution is 2.28. The summed E-state index contributed by atoms with van der Waals surface area (Å²) in [5.41, 5.74) is 0.180. The van der Waals surface area contributed by atoms with Gasteiger partial charge >= 0.3 is 0 Å². The predicted molar refractivity (Wildman–Crippen MR) is 99.0 cm³/mol. The third kappa shape index (κ3) is 3.61. The highest BCUT2D eigenvalue weighted by atomic mass is 16.6. The molecule has 0 saturated heterocycles. The Balaban J connectivity index is 1.91. The summed E-state index contributed by atoms with van der Waals surface area (Å²) in [6.07, 6.45) is 0. The molecule has 0 radical (unpaired) electrons. The number of nitro groups is 1. The molecule has 3 rings (SSSR count). The van der Waals surface area contributed by atoms with E-state index in [1.807, 2.05) is 0 Å². The van der Waals surface area contributed by atoms with Crippen molar-refractivity contribution in [1.29, 1.82) is 0 Å². The number of aryl methyl sites for hydroxylation is 1. The zero-order chi connectivity index (χ0) is 19.6. The molecule has 9 nitrogen and oxygen atoms in total. The smallest absolute Gasteiger partial charge is 0.271 e. The minimum atomic E-state index is -0.572. The monoisotopic (exact) mass is 368 g/mol. The number of para-hydroxylation sites is 1. The van der Waals surface area contributed by atoms with E-state index in [9.17, 15) is 19.7 Å². The van der Waals surface area contributed by atoms with Gasteiger partial charge in [0.2, 0.25) is 5.91 Å². The molecule has 1 heterocycles. The summed E-state index contributed by atoms with van der Waals surface area (Å²) in [5.74, 6) is 0.130. The van der Waals surface area contributed by atoms with Crippen molar-refractivity contribution in [1.82, 2.24) is 9.55 Å². The molecule has 9 heteroatoms. The first kappa shape index (κ1) is 18.1. The first-order chi connectivity index (χ1) is 12.9. The van der Waals surface area contributed by atoms with Crippen LogP contribution in [-0.4, -0.2) is 27.5 Å². The Hall–Kier alpha value is -3.75. The number of rotatable bonds is 5. The van der Waals surface area contributed by atoms with Gasteiger partial charge in [0.05, 0.1) is 28.6 Å². The van der Waals surface area contributed by atoms with Crippen LogP contribution in [0, 0.1) is 17.0 Å². The number of carbonyl (C=O) groups is 1. The fraction of sp³-hybridized carbons (Fsp3) is 0.167. The molecule has 0 aliphatic carbocycles. The van der Waals surface area contributed by atoms with Crippen LogP contribution in [0.4, 0.5) is 11.4 Å². The fourth-order valence-corrected chi connectivity index (χ4v) is 2.71. The van der Waals surface area contributed by atoms with Crippen molar-refractivity contribution in [3.63, 3.8) is 0 Å². The van der Waals surface area contributed by atoms with Crippen LogP contribution in [0.15, 0.2) is 47.3 Å². The molecule has 3 aromatic rings. The second kappa shape index (κ2) is 7.24. The van der Waals surface area contributed by atoms with Gasteiger partial charge in [0.15, 0.2) is 0 Å². The number of nitrogens with zero attached hydrogens (tertiary/aromatic N) is 3. The number of aromatic nitrogens is 2. The largest absolute Gasteiger partial charge is 0.495 e. The SMILES string of the molecule is COc1ccc([N+](=O)[O-])cc1NC(=O)Cn1c(C)nc2ccccc2c1=O. The summed E-state index contributed by atoms with van der Waals surface area (Å²) in [4.78, 5) is 39.8. The van der Waals surface area contributed by atoms with Gasteiger partial charge in [-0.3, -0.25) is 24.3 Å². The number of methoxy groups -OCH3 is 1. The maximum atomic E-state index is 12.6. The van der Waals surface area contributed by atoms with Crippen molar-refractivity contribution in [3.8, 4) is 5.75 Å². The van der Waals surface area contributed by atoms with Gasteiger partial charge in [-0.05, 0) is 25.1 Å². The van der Waals surface area contributed by atoms with Crippen LogP contribution in [0.25, 0.3) is 10.9 Å². The maximum absolute atomic E-state index is 12.6. The van der Waals surface area contributed by atoms with Gasteiger partial charge < -0.3 is 10.1 Å². The van der Waals surface area contributed by atoms with Crippen molar-refractivity contribution in [2.75, 3.05) is 12.4 Å². The van der Waals surface area contributed by atoms with Gasteiger partial charge in [0.1, 0.15) is 18.1 Å². The summed E-state index contributed by atoms with van der Waals surface area (Å²) >= 11 is 0. The van der Waals surface area contributed by atoms with E-state index in [0.717, 1.165) is 0 Å². The lowest BCUT2D eigenvalue weighted by atomic mass is 10.2. The molecule has 1 N–H and O–H groups in total. The molecule has 27 heavy (non-hydrogen) atoms. The number of nitro benzene ring substituents is 1. The van der Waals surface area contributed by atoms with Crippen LogP contribution in [0.3, 0.4) is 0 Å². The minimum absolute atomic E-state index is 0.149. The van der Waals surface area contributed by atoms with Gasteiger partial charge in [0.25, 0.3) is 11.2 Å². The minimum Gasteiger partial charge on any atom is -0.495 e. The molecule has 1 aromatic heterocycles. The topological polar surface area (TPSA) is 116 Å². The zero-order valence-corrected chi connectivity index (χ0v) is 14.6. The van der Waals surface area contributed by atoms with Crippen molar-refractivity contribution in [2.45, 2.75) is 13.5 Å². The lowest BCUT2D eigenvalue weighted by Gasteiger charge is -2.13. The summed E-state index contributed by atoms with van der Waals surface area (Å²) in [5, 5.41) is 13.9. The van der Waals surface area contributed by atoms with E-state index in [2.05, 4.69) is 10.3 Å². The first-order valence-corrected chi connectivity index (χ1v) is 7.99. The molecule has 0 unspecified atom stereocenters. The van der Waals surface area contributed by atoms with Gasteiger partial charge in [-0.15, -0.1) is 0 Å². The summed E-state index contributed by atoms with van der Waals surface area (Å²) in [6.45, 7) is 1.35. The van der Waals surface area contributed by atoms with E-state index < -0.39 is 10.8 Å². The number of nitrogens with one attached hydrogen (secondary N) is 1. The van der Waals surface area contributed by atoms with E-state index in [-0.39, 0.29) is 29.2 Å². The summed E-state index contributed by atoms with van der Waals surface area (Å²) in [6, 6.07) is 10.7. The van der Waals surface area contributed by atoms with Crippen LogP contribution in [-0.2, 0) is 11.3 Å². The molecule has 1 amide bonds. The number of amides is 1. The molecular formula is C18H16N4O5. The molecule has 0 bridgehead atoms. The number of fused-ring (bicyclic) bond motifs is 1. The van der Waals surface area contributed by atoms with Crippen molar-refractivity contribution in [2.24, 2.45) is 0 Å². The Kier molecular flexibility index (Phi) is 4.84. The lowest BCUT2D eigenvalue weighted by molar-refractivity contribution is -0.384. The molecule has 0 aliphatic rings. The second-order valence-corrected chi connectivity index (χ2v) is 5.76. The van der Waals surface area contributed by atoms with Crippen LogP contribution < -0.4 is 15.6 Å². The number of ether oxygens (including phenoxy) is 1. The molecule has 0 atom stereocenters. The number of hydrogen-bond donors (Lipinski definition) is 1. The number of hydrogen-bond acceptors (Lipinski definition) is 6. The van der Waals surface area contributed by atoms with Gasteiger partial charge in [-0.1, -0.05) is 12.1 Å². The Labute approximate surface area is 153 Å². The maximum Gasteiger partial charge on any atom is 0.271 e.